The molecule has 198 valence electrons. The van der Waals surface area contributed by atoms with Crippen LogP contribution in [0.2, 0.25) is 0 Å². The number of para-hydroxylation sites is 1. The molecule has 1 aliphatic heterocycles. The van der Waals surface area contributed by atoms with Crippen LogP contribution in [0.4, 0.5) is 5.69 Å². The second kappa shape index (κ2) is 11.1. The predicted octanol–water partition coefficient (Wildman–Crippen LogP) is 5.19. The van der Waals surface area contributed by atoms with E-state index in [0.29, 0.717) is 11.7 Å². The molecule has 3 heterocycles. The SMILES string of the molecule is Cc1cc([C@H]2[C@@H](c3ccccn3)NC(=S)N2CCC(=O)Nc2ccccc2)c(C)n1-c1ccc(C(=O)O)cc1. The lowest BCUT2D eigenvalue weighted by atomic mass is 9.96. The molecule has 1 aliphatic rings. The minimum Gasteiger partial charge on any atom is -0.478 e. The number of aromatic carboxylic acids is 1. The third-order valence-corrected chi connectivity index (χ3v) is 7.35. The molecule has 0 aliphatic carbocycles. The van der Waals surface area contributed by atoms with Gasteiger partial charge in [0, 0.05) is 41.9 Å². The number of carboxylic acids is 1. The van der Waals surface area contributed by atoms with Gasteiger partial charge >= 0.3 is 5.97 Å². The van der Waals surface area contributed by atoms with Crippen LogP contribution in [0.1, 0.15) is 51.5 Å². The lowest BCUT2D eigenvalue weighted by Crippen LogP contribution is -2.32. The van der Waals surface area contributed by atoms with Gasteiger partial charge in [-0.2, -0.15) is 0 Å². The molecule has 9 heteroatoms. The quantitative estimate of drug-likeness (QED) is 0.265. The molecule has 0 saturated carbocycles. The summed E-state index contributed by atoms with van der Waals surface area (Å²) < 4.78 is 2.11. The van der Waals surface area contributed by atoms with Gasteiger partial charge in [-0.15, -0.1) is 0 Å². The number of carboxylic acid groups (broad SMARTS) is 1. The van der Waals surface area contributed by atoms with Crippen molar-refractivity contribution in [3.05, 3.63) is 113 Å². The van der Waals surface area contributed by atoms with Crippen molar-refractivity contribution >= 4 is 34.9 Å². The Morgan fingerprint density at radius 1 is 1.03 bits per heavy atom. The number of aryl methyl sites for hydroxylation is 1. The van der Waals surface area contributed by atoms with Gasteiger partial charge in [-0.3, -0.25) is 9.78 Å². The number of aromatic nitrogens is 2. The zero-order valence-corrected chi connectivity index (χ0v) is 22.5. The molecule has 0 unspecified atom stereocenters. The molecular weight excluding hydrogens is 510 g/mol. The van der Waals surface area contributed by atoms with Crippen LogP contribution in [0.5, 0.6) is 0 Å². The standard InChI is InChI=1S/C30H29N5O3S/c1-19-18-24(20(2)35(19)23-13-11-21(12-14-23)29(37)38)28-27(25-10-6-7-16-31-25)33-30(39)34(28)17-15-26(36)32-22-8-4-3-5-9-22/h3-14,16,18,27-28H,15,17H2,1-2H3,(H,32,36)(H,33,39)(H,37,38)/t27-,28+/m1/s1. The zero-order chi connectivity index (χ0) is 27.5. The van der Waals surface area contributed by atoms with E-state index in [-0.39, 0.29) is 30.0 Å². The first-order chi connectivity index (χ1) is 18.8. The van der Waals surface area contributed by atoms with Crippen LogP contribution < -0.4 is 10.6 Å². The van der Waals surface area contributed by atoms with Crippen LogP contribution in [-0.4, -0.2) is 43.1 Å². The van der Waals surface area contributed by atoms with Crippen LogP contribution in [-0.2, 0) is 4.79 Å². The Hall–Kier alpha value is -4.50. The summed E-state index contributed by atoms with van der Waals surface area (Å²) in [5, 5.41) is 16.3. The van der Waals surface area contributed by atoms with Crippen molar-refractivity contribution in [1.29, 1.82) is 0 Å². The molecule has 0 radical (unpaired) electrons. The summed E-state index contributed by atoms with van der Waals surface area (Å²) in [6.45, 7) is 4.50. The van der Waals surface area contributed by atoms with E-state index in [1.807, 2.05) is 74.5 Å². The van der Waals surface area contributed by atoms with E-state index in [1.54, 1.807) is 18.3 Å². The van der Waals surface area contributed by atoms with Gasteiger partial charge in [-0.25, -0.2) is 4.79 Å². The van der Waals surface area contributed by atoms with Crippen molar-refractivity contribution in [1.82, 2.24) is 19.8 Å². The summed E-state index contributed by atoms with van der Waals surface area (Å²) in [4.78, 5) is 30.8. The monoisotopic (exact) mass is 539 g/mol. The number of rotatable bonds is 8. The maximum absolute atomic E-state index is 12.8. The Kier molecular flexibility index (Phi) is 7.42. The number of carbonyl (C=O) groups is 2. The summed E-state index contributed by atoms with van der Waals surface area (Å²) in [6, 6.07) is 23.8. The molecule has 1 saturated heterocycles. The van der Waals surface area contributed by atoms with E-state index in [4.69, 9.17) is 12.2 Å². The number of pyridine rings is 1. The minimum absolute atomic E-state index is 0.0898. The largest absolute Gasteiger partial charge is 0.478 e. The van der Waals surface area contributed by atoms with E-state index >= 15 is 0 Å². The number of carbonyl (C=O) groups excluding carboxylic acids is 1. The van der Waals surface area contributed by atoms with Crippen molar-refractivity contribution < 1.29 is 14.7 Å². The van der Waals surface area contributed by atoms with Gasteiger partial charge in [0.15, 0.2) is 5.11 Å². The fourth-order valence-electron chi connectivity index (χ4n) is 5.19. The predicted molar refractivity (Wildman–Crippen MR) is 154 cm³/mol. The lowest BCUT2D eigenvalue weighted by molar-refractivity contribution is -0.116. The van der Waals surface area contributed by atoms with Gasteiger partial charge in [0.05, 0.1) is 23.3 Å². The average Bonchev–Trinajstić information content (AvgIpc) is 3.42. The lowest BCUT2D eigenvalue weighted by Gasteiger charge is -2.28. The maximum Gasteiger partial charge on any atom is 0.335 e. The zero-order valence-electron chi connectivity index (χ0n) is 21.7. The van der Waals surface area contributed by atoms with Gasteiger partial charge in [0.25, 0.3) is 0 Å². The van der Waals surface area contributed by atoms with E-state index in [0.717, 1.165) is 34.0 Å². The molecule has 39 heavy (non-hydrogen) atoms. The van der Waals surface area contributed by atoms with Crippen molar-refractivity contribution in [3.63, 3.8) is 0 Å². The molecule has 0 spiro atoms. The average molecular weight is 540 g/mol. The van der Waals surface area contributed by atoms with Gasteiger partial charge in [0.1, 0.15) is 0 Å². The highest BCUT2D eigenvalue weighted by Gasteiger charge is 2.41. The van der Waals surface area contributed by atoms with E-state index in [1.165, 1.54) is 0 Å². The number of nitrogens with one attached hydrogen (secondary N) is 2. The fraction of sp³-hybridized carbons (Fsp3) is 0.200. The molecule has 5 rings (SSSR count). The molecule has 2 atom stereocenters. The second-order valence-electron chi connectivity index (χ2n) is 9.50. The van der Waals surface area contributed by atoms with Gasteiger partial charge < -0.3 is 25.2 Å². The van der Waals surface area contributed by atoms with Crippen molar-refractivity contribution in [2.24, 2.45) is 0 Å². The van der Waals surface area contributed by atoms with Crippen LogP contribution in [0, 0.1) is 13.8 Å². The molecule has 1 amide bonds. The Bertz CT molecular complexity index is 1500. The summed E-state index contributed by atoms with van der Waals surface area (Å²) >= 11 is 5.78. The van der Waals surface area contributed by atoms with Crippen LogP contribution in [0.15, 0.2) is 85.1 Å². The number of hydrogen-bond donors (Lipinski definition) is 3. The number of thiocarbonyl (C=S) groups is 1. The van der Waals surface area contributed by atoms with Gasteiger partial charge in [-0.05, 0) is 86.2 Å². The number of benzene rings is 2. The maximum atomic E-state index is 12.8. The van der Waals surface area contributed by atoms with Crippen LogP contribution in [0.3, 0.4) is 0 Å². The summed E-state index contributed by atoms with van der Waals surface area (Å²) in [5.41, 5.74) is 5.79. The summed E-state index contributed by atoms with van der Waals surface area (Å²) in [6.07, 6.45) is 2.03. The highest BCUT2D eigenvalue weighted by atomic mass is 32.1. The molecule has 3 N–H and O–H groups in total. The molecule has 4 aromatic rings. The third-order valence-electron chi connectivity index (χ3n) is 7.00. The first-order valence-electron chi connectivity index (χ1n) is 12.7. The van der Waals surface area contributed by atoms with Gasteiger partial charge in [0.2, 0.25) is 5.91 Å². The topological polar surface area (TPSA) is 99.5 Å². The first-order valence-corrected chi connectivity index (χ1v) is 13.1. The number of hydrogen-bond acceptors (Lipinski definition) is 4. The number of nitrogens with zero attached hydrogens (tertiary/aromatic N) is 3. The fourth-order valence-corrected chi connectivity index (χ4v) is 5.52. The van der Waals surface area contributed by atoms with Crippen LogP contribution >= 0.6 is 12.2 Å². The highest BCUT2D eigenvalue weighted by molar-refractivity contribution is 7.80. The number of anilines is 1. The Labute approximate surface area is 232 Å². The van der Waals surface area contributed by atoms with E-state index < -0.39 is 5.97 Å². The smallest absolute Gasteiger partial charge is 0.335 e. The van der Waals surface area contributed by atoms with Crippen molar-refractivity contribution in [2.75, 3.05) is 11.9 Å². The van der Waals surface area contributed by atoms with Crippen molar-refractivity contribution in [2.45, 2.75) is 32.4 Å². The molecule has 8 nitrogen and oxygen atoms in total. The minimum atomic E-state index is -0.959. The highest BCUT2D eigenvalue weighted by Crippen LogP contribution is 2.41. The molecule has 1 fully saturated rings. The van der Waals surface area contributed by atoms with Gasteiger partial charge in [-0.1, -0.05) is 24.3 Å². The molecule has 2 aromatic carbocycles. The van der Waals surface area contributed by atoms with E-state index in [9.17, 15) is 14.7 Å². The van der Waals surface area contributed by atoms with Crippen LogP contribution in [0.25, 0.3) is 5.69 Å². The first kappa shape index (κ1) is 26.1. The molecule has 0 bridgehead atoms. The Balaban J connectivity index is 1.47. The second-order valence-corrected chi connectivity index (χ2v) is 9.88. The normalized spacial score (nSPS) is 16.7. The summed E-state index contributed by atoms with van der Waals surface area (Å²) in [5.74, 6) is -1.05. The van der Waals surface area contributed by atoms with Crippen molar-refractivity contribution in [3.8, 4) is 5.69 Å². The Morgan fingerprint density at radius 2 is 1.74 bits per heavy atom. The Morgan fingerprint density at radius 3 is 2.41 bits per heavy atom. The summed E-state index contributed by atoms with van der Waals surface area (Å²) in [7, 11) is 0. The number of amides is 1. The molecule has 2 aromatic heterocycles. The third kappa shape index (κ3) is 5.39. The molecular formula is C30H29N5O3S. The van der Waals surface area contributed by atoms with E-state index in [2.05, 4.69) is 31.2 Å².